The molecule has 3 rings (SSSR count). The van der Waals surface area contributed by atoms with Gasteiger partial charge in [-0.2, -0.15) is 0 Å². The van der Waals surface area contributed by atoms with Gasteiger partial charge in [0, 0.05) is 45.6 Å². The van der Waals surface area contributed by atoms with Crippen molar-refractivity contribution in [2.45, 2.75) is 33.4 Å². The predicted molar refractivity (Wildman–Crippen MR) is 115 cm³/mol. The van der Waals surface area contributed by atoms with Crippen LogP contribution in [-0.2, 0) is 11.3 Å². The maximum absolute atomic E-state index is 13.4. The zero-order valence-corrected chi connectivity index (χ0v) is 18.1. The molecule has 6 nitrogen and oxygen atoms in total. The Morgan fingerprint density at radius 2 is 1.83 bits per heavy atom. The largest absolute Gasteiger partial charge is 0.348 e. The molecular formula is C23H32N4O2. The van der Waals surface area contributed by atoms with Gasteiger partial charge in [0.25, 0.3) is 0 Å². The van der Waals surface area contributed by atoms with Crippen LogP contribution >= 0.6 is 0 Å². The van der Waals surface area contributed by atoms with Gasteiger partial charge in [0.05, 0.1) is 6.04 Å². The van der Waals surface area contributed by atoms with Gasteiger partial charge in [0.2, 0.25) is 5.91 Å². The normalized spacial score (nSPS) is 15.9. The van der Waals surface area contributed by atoms with Crippen molar-refractivity contribution in [3.8, 4) is 0 Å². The molecule has 156 valence electrons. The van der Waals surface area contributed by atoms with E-state index in [-0.39, 0.29) is 30.4 Å². The highest BCUT2D eigenvalue weighted by Crippen LogP contribution is 2.34. The lowest BCUT2D eigenvalue weighted by Gasteiger charge is -2.39. The van der Waals surface area contributed by atoms with Crippen LogP contribution in [-0.4, -0.2) is 64.9 Å². The number of aryl methyl sites for hydroxylation is 1. The SMILES string of the molecule is Cc1ccccc1[C@H]1c2cccn2CCN1C(=O)CN(CC(C)C)C(=O)N(C)C. The van der Waals surface area contributed by atoms with Gasteiger partial charge in [0.15, 0.2) is 0 Å². The van der Waals surface area contributed by atoms with Gasteiger partial charge in [-0.25, -0.2) is 4.79 Å². The monoisotopic (exact) mass is 396 g/mol. The average Bonchev–Trinajstić information content (AvgIpc) is 3.15. The maximum atomic E-state index is 13.4. The minimum absolute atomic E-state index is 0.0125. The van der Waals surface area contributed by atoms with E-state index in [1.165, 1.54) is 4.90 Å². The molecule has 2 heterocycles. The standard InChI is InChI=1S/C23H32N4O2/c1-17(2)15-26(23(29)24(4)5)16-21(28)27-14-13-25-12-8-11-20(25)22(27)19-10-7-6-9-18(19)3/h6-12,17,22H,13-16H2,1-5H3/t22-/m0/s1. The number of urea groups is 1. The van der Waals surface area contributed by atoms with E-state index in [1.807, 2.05) is 23.1 Å². The second kappa shape index (κ2) is 8.72. The van der Waals surface area contributed by atoms with Crippen LogP contribution in [0.4, 0.5) is 4.79 Å². The molecule has 1 aliphatic rings. The Morgan fingerprint density at radius 3 is 2.48 bits per heavy atom. The molecule has 1 aliphatic heterocycles. The van der Waals surface area contributed by atoms with E-state index in [0.29, 0.717) is 13.1 Å². The van der Waals surface area contributed by atoms with Gasteiger partial charge in [-0.15, -0.1) is 0 Å². The minimum Gasteiger partial charge on any atom is -0.348 e. The molecule has 1 atom stereocenters. The zero-order valence-electron chi connectivity index (χ0n) is 18.1. The van der Waals surface area contributed by atoms with Crippen molar-refractivity contribution in [1.29, 1.82) is 0 Å². The molecule has 0 radical (unpaired) electrons. The van der Waals surface area contributed by atoms with Crippen LogP contribution in [0.15, 0.2) is 42.6 Å². The Kier molecular flexibility index (Phi) is 6.30. The molecule has 0 spiro atoms. The molecule has 0 aliphatic carbocycles. The van der Waals surface area contributed by atoms with E-state index in [4.69, 9.17) is 0 Å². The smallest absolute Gasteiger partial charge is 0.319 e. The molecule has 0 unspecified atom stereocenters. The second-order valence-corrected chi connectivity index (χ2v) is 8.42. The van der Waals surface area contributed by atoms with Gasteiger partial charge in [-0.1, -0.05) is 38.1 Å². The lowest BCUT2D eigenvalue weighted by Crippen LogP contribution is -2.50. The molecule has 0 saturated heterocycles. The molecule has 29 heavy (non-hydrogen) atoms. The van der Waals surface area contributed by atoms with Crippen molar-refractivity contribution in [3.05, 3.63) is 59.4 Å². The number of carbonyl (C=O) groups excluding carboxylic acids is 2. The van der Waals surface area contributed by atoms with Crippen LogP contribution < -0.4 is 0 Å². The highest BCUT2D eigenvalue weighted by atomic mass is 16.2. The number of carbonyl (C=O) groups is 2. The summed E-state index contributed by atoms with van der Waals surface area (Å²) in [6, 6.07) is 12.1. The van der Waals surface area contributed by atoms with E-state index in [2.05, 4.69) is 49.7 Å². The number of nitrogens with zero attached hydrogens (tertiary/aromatic N) is 4. The highest BCUT2D eigenvalue weighted by Gasteiger charge is 2.34. The van der Waals surface area contributed by atoms with Gasteiger partial charge < -0.3 is 19.3 Å². The Balaban J connectivity index is 1.92. The lowest BCUT2D eigenvalue weighted by molar-refractivity contribution is -0.134. The fourth-order valence-electron chi connectivity index (χ4n) is 4.06. The summed E-state index contributed by atoms with van der Waals surface area (Å²) in [5, 5.41) is 0. The number of fused-ring (bicyclic) bond motifs is 1. The Morgan fingerprint density at radius 1 is 1.10 bits per heavy atom. The number of hydrogen-bond acceptors (Lipinski definition) is 2. The lowest BCUT2D eigenvalue weighted by atomic mass is 9.95. The molecule has 0 fully saturated rings. The van der Waals surface area contributed by atoms with Crippen LogP contribution in [0.1, 0.15) is 36.7 Å². The number of hydrogen-bond donors (Lipinski definition) is 0. The van der Waals surface area contributed by atoms with E-state index < -0.39 is 0 Å². The predicted octanol–water partition coefficient (Wildman–Crippen LogP) is 3.37. The fraction of sp³-hybridized carbons (Fsp3) is 0.478. The van der Waals surface area contributed by atoms with Crippen molar-refractivity contribution in [3.63, 3.8) is 0 Å². The van der Waals surface area contributed by atoms with Gasteiger partial charge in [-0.3, -0.25) is 4.79 Å². The first kappa shape index (κ1) is 21.0. The molecular weight excluding hydrogens is 364 g/mol. The highest BCUT2D eigenvalue weighted by molar-refractivity contribution is 5.84. The minimum atomic E-state index is -0.136. The first-order valence-corrected chi connectivity index (χ1v) is 10.3. The summed E-state index contributed by atoms with van der Waals surface area (Å²) in [5.74, 6) is 0.277. The quantitative estimate of drug-likeness (QED) is 0.778. The Hall–Kier alpha value is -2.76. The summed E-state index contributed by atoms with van der Waals surface area (Å²) in [6.07, 6.45) is 2.07. The van der Waals surface area contributed by atoms with Crippen LogP contribution in [0.3, 0.4) is 0 Å². The molecule has 1 aromatic heterocycles. The fourth-order valence-corrected chi connectivity index (χ4v) is 4.06. The van der Waals surface area contributed by atoms with Crippen molar-refractivity contribution in [2.75, 3.05) is 33.7 Å². The summed E-state index contributed by atoms with van der Waals surface area (Å²) >= 11 is 0. The van der Waals surface area contributed by atoms with Gasteiger partial charge in [-0.05, 0) is 36.1 Å². The molecule has 0 saturated carbocycles. The van der Waals surface area contributed by atoms with Crippen LogP contribution in [0.2, 0.25) is 0 Å². The third kappa shape index (κ3) is 4.47. The number of benzene rings is 1. The van der Waals surface area contributed by atoms with E-state index in [0.717, 1.165) is 23.4 Å². The Bertz CT molecular complexity index is 871. The van der Waals surface area contributed by atoms with Gasteiger partial charge in [0.1, 0.15) is 6.54 Å². The Labute approximate surface area is 173 Å². The molecule has 3 amide bonds. The molecule has 1 aromatic carbocycles. The maximum Gasteiger partial charge on any atom is 0.319 e. The summed E-state index contributed by atoms with van der Waals surface area (Å²) in [4.78, 5) is 31.2. The van der Waals surface area contributed by atoms with Crippen LogP contribution in [0.25, 0.3) is 0 Å². The van der Waals surface area contributed by atoms with Crippen molar-refractivity contribution < 1.29 is 9.59 Å². The number of aromatic nitrogens is 1. The van der Waals surface area contributed by atoms with Crippen LogP contribution in [0.5, 0.6) is 0 Å². The summed E-state index contributed by atoms with van der Waals surface area (Å²) < 4.78 is 2.22. The molecule has 2 aromatic rings. The third-order valence-corrected chi connectivity index (χ3v) is 5.41. The molecule has 0 bridgehead atoms. The van der Waals surface area contributed by atoms with Gasteiger partial charge >= 0.3 is 6.03 Å². The summed E-state index contributed by atoms with van der Waals surface area (Å²) in [5.41, 5.74) is 3.41. The molecule has 0 N–H and O–H groups in total. The van der Waals surface area contributed by atoms with E-state index >= 15 is 0 Å². The van der Waals surface area contributed by atoms with E-state index in [9.17, 15) is 9.59 Å². The zero-order chi connectivity index (χ0) is 21.1. The van der Waals surface area contributed by atoms with Crippen LogP contribution in [0, 0.1) is 12.8 Å². The number of amides is 3. The summed E-state index contributed by atoms with van der Waals surface area (Å²) in [7, 11) is 3.45. The second-order valence-electron chi connectivity index (χ2n) is 8.42. The van der Waals surface area contributed by atoms with Crippen molar-refractivity contribution in [2.24, 2.45) is 5.92 Å². The first-order chi connectivity index (χ1) is 13.8. The van der Waals surface area contributed by atoms with Crippen molar-refractivity contribution in [1.82, 2.24) is 19.3 Å². The summed E-state index contributed by atoms with van der Waals surface area (Å²) in [6.45, 7) is 8.25. The first-order valence-electron chi connectivity index (χ1n) is 10.3. The topological polar surface area (TPSA) is 48.8 Å². The third-order valence-electron chi connectivity index (χ3n) is 5.41. The number of rotatable bonds is 5. The average molecular weight is 397 g/mol. The molecule has 6 heteroatoms. The van der Waals surface area contributed by atoms with Crippen molar-refractivity contribution >= 4 is 11.9 Å². The van der Waals surface area contributed by atoms with E-state index in [1.54, 1.807) is 19.0 Å².